The quantitative estimate of drug-likeness (QED) is 0.0948. The zero-order valence-corrected chi connectivity index (χ0v) is 68.6. The lowest BCUT2D eigenvalue weighted by molar-refractivity contribution is 0.908. The van der Waals surface area contributed by atoms with Crippen LogP contribution in [0.1, 0.15) is 25.5 Å². The molecule has 8 heterocycles. The van der Waals surface area contributed by atoms with Crippen LogP contribution in [0.15, 0.2) is 388 Å². The molecule has 24 aromatic rings. The van der Waals surface area contributed by atoms with Gasteiger partial charge in [0.2, 0.25) is 0 Å². The molecule has 14 heteroatoms. The van der Waals surface area contributed by atoms with Gasteiger partial charge in [-0.1, -0.05) is 317 Å². The number of imidazole rings is 2. The van der Waals surface area contributed by atoms with E-state index in [1.54, 1.807) is 0 Å². The largest absolute Gasteiger partial charge is 0.296 e. The van der Waals surface area contributed by atoms with Crippen LogP contribution in [0, 0.1) is 0 Å². The number of aryl methyl sites for hydroxylation is 2. The Kier molecular flexibility index (Phi) is 18.4. The number of benzene rings is 16. The van der Waals surface area contributed by atoms with Gasteiger partial charge in [-0.2, -0.15) is 0 Å². The van der Waals surface area contributed by atoms with Crippen LogP contribution in [-0.4, -0.2) is 68.9 Å². The van der Waals surface area contributed by atoms with E-state index >= 15 is 0 Å². The van der Waals surface area contributed by atoms with Crippen molar-refractivity contribution in [3.63, 3.8) is 0 Å². The standard InChI is InChI=1S/2C56H37N7/c1-2-50-59-53-49(63(50)39-19-4-3-5-20-39)34-33-43-42-23-10-11-26-47(42)58-52(51(43)53)38-31-29-37(30-32-38)46-27-14-28-48(57-46)56-61-54(44-24-12-17-35-15-6-8-21-40(35)44)60-55(62-56)45-25-13-18-36-16-7-9-22-41(36)45;1-2-50-59-53-49(63(50)43-17-4-3-5-18-43)32-31-45-44-19-10-11-20-47(44)58-52(51(45)53)38-27-25-37(26-28-38)46-21-12-22-48(57-46)56-61-54(41-29-23-35-13-6-8-15-39(35)33-41)60-55(62-56)42-30-24-36-14-7-9-16-40(36)34-42/h2*3-34H,2H2,1H3. The lowest BCUT2D eigenvalue weighted by Gasteiger charge is -2.13. The number of pyridine rings is 4. The van der Waals surface area contributed by atoms with E-state index in [1.165, 1.54) is 0 Å². The van der Waals surface area contributed by atoms with Crippen LogP contribution in [0.25, 0.3) is 233 Å². The average molecular weight is 1620 g/mol. The fourth-order valence-electron chi connectivity index (χ4n) is 17.9. The molecular formula is C112H74N14. The maximum atomic E-state index is 5.33. The molecule has 8 aromatic heterocycles. The molecule has 0 saturated carbocycles. The second-order valence-corrected chi connectivity index (χ2v) is 31.5. The Bertz CT molecular complexity index is 8230. The molecule has 24 rings (SSSR count). The van der Waals surface area contributed by atoms with Crippen molar-refractivity contribution in [2.75, 3.05) is 0 Å². The number of hydrogen-bond acceptors (Lipinski definition) is 12. The number of hydrogen-bond donors (Lipinski definition) is 0. The van der Waals surface area contributed by atoms with Crippen LogP contribution < -0.4 is 0 Å². The molecule has 0 aliphatic rings. The number of para-hydroxylation sites is 4. The maximum absolute atomic E-state index is 5.33. The molecule has 16 aromatic carbocycles. The van der Waals surface area contributed by atoms with E-state index in [0.29, 0.717) is 46.3 Å². The number of aromatic nitrogens is 14. The van der Waals surface area contributed by atoms with Crippen LogP contribution >= 0.6 is 0 Å². The predicted octanol–water partition coefficient (Wildman–Crippen LogP) is 27.0. The molecule has 126 heavy (non-hydrogen) atoms. The number of nitrogens with zero attached hydrogens (tertiary/aromatic N) is 14. The molecule has 0 bridgehead atoms. The molecule has 592 valence electrons. The van der Waals surface area contributed by atoms with Gasteiger partial charge in [0.15, 0.2) is 34.9 Å². The maximum Gasteiger partial charge on any atom is 0.182 e. The van der Waals surface area contributed by atoms with E-state index in [-0.39, 0.29) is 0 Å². The molecule has 0 N–H and O–H groups in total. The predicted molar refractivity (Wildman–Crippen MR) is 513 cm³/mol. The van der Waals surface area contributed by atoms with Crippen molar-refractivity contribution < 1.29 is 0 Å². The average Bonchev–Trinajstić information content (AvgIpc) is 1.58. The zero-order chi connectivity index (χ0) is 83.7. The van der Waals surface area contributed by atoms with Crippen molar-refractivity contribution in [1.29, 1.82) is 0 Å². The lowest BCUT2D eigenvalue weighted by Crippen LogP contribution is -2.02. The van der Waals surface area contributed by atoms with Crippen LogP contribution in [0.4, 0.5) is 0 Å². The van der Waals surface area contributed by atoms with E-state index in [0.717, 1.165) is 212 Å². The van der Waals surface area contributed by atoms with Gasteiger partial charge in [-0.25, -0.2) is 59.8 Å². The van der Waals surface area contributed by atoms with Crippen LogP contribution in [-0.2, 0) is 12.8 Å². The Labute approximate surface area is 724 Å². The first kappa shape index (κ1) is 74.2. The van der Waals surface area contributed by atoms with Gasteiger partial charge in [0.1, 0.15) is 23.0 Å². The van der Waals surface area contributed by atoms with Crippen molar-refractivity contribution >= 4 is 109 Å². The zero-order valence-electron chi connectivity index (χ0n) is 68.6. The molecule has 0 amide bonds. The summed E-state index contributed by atoms with van der Waals surface area (Å²) in [6.45, 7) is 4.32. The van der Waals surface area contributed by atoms with Crippen LogP contribution in [0.2, 0.25) is 0 Å². The van der Waals surface area contributed by atoms with Gasteiger partial charge < -0.3 is 0 Å². The summed E-state index contributed by atoms with van der Waals surface area (Å²) in [5.74, 6) is 5.41. The molecule has 0 radical (unpaired) electrons. The van der Waals surface area contributed by atoms with E-state index in [1.807, 2.05) is 60.7 Å². The van der Waals surface area contributed by atoms with E-state index in [9.17, 15) is 0 Å². The Morgan fingerprint density at radius 2 is 0.540 bits per heavy atom. The second kappa shape index (κ2) is 31.3. The first-order chi connectivity index (χ1) is 62.3. The summed E-state index contributed by atoms with van der Waals surface area (Å²) >= 11 is 0. The highest BCUT2D eigenvalue weighted by Crippen LogP contribution is 2.43. The van der Waals surface area contributed by atoms with Gasteiger partial charge in [0.25, 0.3) is 0 Å². The fourth-order valence-corrected chi connectivity index (χ4v) is 17.9. The van der Waals surface area contributed by atoms with Crippen molar-refractivity contribution in [1.82, 2.24) is 68.9 Å². The fraction of sp³-hybridized carbons (Fsp3) is 0.0357. The van der Waals surface area contributed by atoms with E-state index in [4.69, 9.17) is 59.8 Å². The summed E-state index contributed by atoms with van der Waals surface area (Å²) < 4.78 is 4.55. The minimum absolute atomic E-state index is 0.506. The highest BCUT2D eigenvalue weighted by molar-refractivity contribution is 6.21. The number of fused-ring (bicyclic) bond motifs is 14. The summed E-state index contributed by atoms with van der Waals surface area (Å²) in [5, 5.41) is 15.5. The van der Waals surface area contributed by atoms with Gasteiger partial charge in [0.05, 0.1) is 55.9 Å². The topological polar surface area (TPSA) is 165 Å². The van der Waals surface area contributed by atoms with Crippen molar-refractivity contribution in [3.8, 4) is 125 Å². The Balaban J connectivity index is 0.000000145. The monoisotopic (exact) mass is 1610 g/mol. The molecule has 0 aliphatic heterocycles. The lowest BCUT2D eigenvalue weighted by atomic mass is 9.97. The smallest absolute Gasteiger partial charge is 0.182 e. The third-order valence-electron chi connectivity index (χ3n) is 24.0. The molecular weight excluding hydrogens is 1540 g/mol. The third kappa shape index (κ3) is 13.3. The minimum atomic E-state index is 0.506. The minimum Gasteiger partial charge on any atom is -0.296 e. The van der Waals surface area contributed by atoms with Crippen molar-refractivity contribution in [3.05, 3.63) is 400 Å². The Morgan fingerprint density at radius 1 is 0.206 bits per heavy atom. The van der Waals surface area contributed by atoms with Crippen molar-refractivity contribution in [2.24, 2.45) is 0 Å². The molecule has 0 atom stereocenters. The van der Waals surface area contributed by atoms with E-state index in [2.05, 4.69) is 351 Å². The SMILES string of the molecule is CCc1nc2c3c(-c4ccc(-c5cccc(-c6nc(-c7ccc8ccccc8c7)nc(-c7ccc8ccccc8c7)n6)n5)cc4)nc4ccccc4c3ccc2n1-c1ccccc1.CCc1nc2c3c(-c4ccc(-c5cccc(-c6nc(-c7cccc8ccccc78)nc(-c7cccc8ccccc78)n6)n5)cc4)nc4ccccc4c3ccc2n1-c1ccccc1. The third-order valence-corrected chi connectivity index (χ3v) is 24.0. The molecule has 0 saturated heterocycles. The molecule has 0 aliphatic carbocycles. The van der Waals surface area contributed by atoms with Gasteiger partial charge in [-0.05, 0) is 139 Å². The summed E-state index contributed by atoms with van der Waals surface area (Å²) in [6, 6.07) is 134. The van der Waals surface area contributed by atoms with E-state index < -0.39 is 0 Å². The summed E-state index contributed by atoms with van der Waals surface area (Å²) in [4.78, 5) is 62.3. The Hall–Kier alpha value is -16.8. The van der Waals surface area contributed by atoms with Gasteiger partial charge >= 0.3 is 0 Å². The number of rotatable bonds is 14. The molecule has 0 fully saturated rings. The van der Waals surface area contributed by atoms with Gasteiger partial charge in [0, 0.05) is 90.3 Å². The highest BCUT2D eigenvalue weighted by Gasteiger charge is 2.25. The first-order valence-electron chi connectivity index (χ1n) is 42.5. The van der Waals surface area contributed by atoms with Gasteiger partial charge in [-0.3, -0.25) is 9.13 Å². The second-order valence-electron chi connectivity index (χ2n) is 31.5. The Morgan fingerprint density at radius 3 is 0.976 bits per heavy atom. The van der Waals surface area contributed by atoms with Crippen molar-refractivity contribution in [2.45, 2.75) is 26.7 Å². The summed E-state index contributed by atoms with van der Waals surface area (Å²) in [6.07, 6.45) is 1.59. The van der Waals surface area contributed by atoms with Crippen LogP contribution in [0.5, 0.6) is 0 Å². The first-order valence-corrected chi connectivity index (χ1v) is 42.5. The highest BCUT2D eigenvalue weighted by atomic mass is 15.1. The summed E-state index contributed by atoms with van der Waals surface area (Å²) in [5.41, 5.74) is 20.5. The summed E-state index contributed by atoms with van der Waals surface area (Å²) in [7, 11) is 0. The van der Waals surface area contributed by atoms with Gasteiger partial charge in [-0.15, -0.1) is 0 Å². The normalized spacial score (nSPS) is 11.6. The van der Waals surface area contributed by atoms with Crippen LogP contribution in [0.3, 0.4) is 0 Å². The molecule has 0 spiro atoms. The molecule has 0 unspecified atom stereocenters. The molecule has 14 nitrogen and oxygen atoms in total.